The highest BCUT2D eigenvalue weighted by molar-refractivity contribution is 6.67. The molecule has 19 heavy (non-hydrogen) atoms. The number of halogens is 1. The van der Waals surface area contributed by atoms with Crippen molar-refractivity contribution in [3.05, 3.63) is 23.2 Å². The molecule has 0 radical (unpaired) electrons. The van der Waals surface area contributed by atoms with Crippen molar-refractivity contribution in [2.24, 2.45) is 16.3 Å². The third kappa shape index (κ3) is 3.30. The van der Waals surface area contributed by atoms with Crippen LogP contribution >= 0.6 is 11.6 Å². The van der Waals surface area contributed by atoms with Crippen molar-refractivity contribution in [3.8, 4) is 0 Å². The second-order valence-electron chi connectivity index (χ2n) is 4.92. The Balaban J connectivity index is 0.000000861. The van der Waals surface area contributed by atoms with Crippen molar-refractivity contribution >= 4 is 29.3 Å². The Hall–Kier alpha value is -1.46. The summed E-state index contributed by atoms with van der Waals surface area (Å²) in [7, 11) is 1.00. The second-order valence-corrected chi connectivity index (χ2v) is 5.33. The number of rotatable bonds is 2. The number of hydrogen-bond donors (Lipinski definition) is 3. The number of carbonyl (C=O) groups excluding carboxylic acids is 1. The van der Waals surface area contributed by atoms with Gasteiger partial charge in [-0.05, 0) is 6.42 Å². The molecular formula is C13H18ClN3O2. The number of nitrogens with zero attached hydrogens (tertiary/aromatic N) is 1. The maximum atomic E-state index is 11.0. The Morgan fingerprint density at radius 2 is 2.26 bits per heavy atom. The van der Waals surface area contributed by atoms with Crippen LogP contribution in [0.1, 0.15) is 20.3 Å². The summed E-state index contributed by atoms with van der Waals surface area (Å²) >= 11 is 5.50. The first-order valence-corrected chi connectivity index (χ1v) is 6.23. The fourth-order valence-corrected chi connectivity index (χ4v) is 2.46. The smallest absolute Gasteiger partial charge is 0.133 e. The van der Waals surface area contributed by atoms with Gasteiger partial charge >= 0.3 is 0 Å². The Bertz CT molecular complexity index is 478. The van der Waals surface area contributed by atoms with Crippen LogP contribution in [-0.4, -0.2) is 29.9 Å². The summed E-state index contributed by atoms with van der Waals surface area (Å²) in [6, 6.07) is 0. The molecule has 0 fully saturated rings. The molecule has 3 N–H and O–H groups in total. The SMILES string of the molecule is CC1(C)CC(C=O)C2=C1N/C(=C\C(=N)Cl)N=C2.CO. The van der Waals surface area contributed by atoms with Crippen LogP contribution in [0.2, 0.25) is 0 Å². The fraction of sp³-hybridized carbons (Fsp3) is 0.462. The van der Waals surface area contributed by atoms with Crippen LogP contribution in [0.4, 0.5) is 0 Å². The van der Waals surface area contributed by atoms with Gasteiger partial charge in [-0.3, -0.25) is 5.41 Å². The van der Waals surface area contributed by atoms with Gasteiger partial charge in [-0.1, -0.05) is 25.4 Å². The molecule has 0 spiro atoms. The van der Waals surface area contributed by atoms with Crippen molar-refractivity contribution in [3.63, 3.8) is 0 Å². The van der Waals surface area contributed by atoms with Gasteiger partial charge in [0.25, 0.3) is 0 Å². The van der Waals surface area contributed by atoms with Gasteiger partial charge in [0.05, 0.1) is 0 Å². The molecule has 2 aliphatic rings. The summed E-state index contributed by atoms with van der Waals surface area (Å²) < 4.78 is 0. The minimum atomic E-state index is -0.0896. The summed E-state index contributed by atoms with van der Waals surface area (Å²) in [6.45, 7) is 4.17. The van der Waals surface area contributed by atoms with Gasteiger partial charge in [0.15, 0.2) is 0 Å². The standard InChI is InChI=1S/C12H14ClN3O.CH4O/c1-12(2)4-7(6-17)8-5-15-10(3-9(13)14)16-11(8)12;1-2/h3,5-7,14,16H,4H2,1-2H3;2H,1H3/b10-3-,14-9?;. The van der Waals surface area contributed by atoms with Crippen molar-refractivity contribution in [2.75, 3.05) is 7.11 Å². The Labute approximate surface area is 117 Å². The molecule has 1 aliphatic heterocycles. The molecule has 1 heterocycles. The summed E-state index contributed by atoms with van der Waals surface area (Å²) in [5.74, 6) is 0.455. The molecular weight excluding hydrogens is 266 g/mol. The highest BCUT2D eigenvalue weighted by Crippen LogP contribution is 2.44. The van der Waals surface area contributed by atoms with Crippen LogP contribution in [0, 0.1) is 16.7 Å². The van der Waals surface area contributed by atoms with Crippen LogP contribution in [0.3, 0.4) is 0 Å². The molecule has 2 rings (SSSR count). The minimum Gasteiger partial charge on any atom is -0.400 e. The van der Waals surface area contributed by atoms with Gasteiger partial charge in [-0.2, -0.15) is 0 Å². The summed E-state index contributed by atoms with van der Waals surface area (Å²) in [6.07, 6.45) is 4.90. The zero-order valence-electron chi connectivity index (χ0n) is 11.2. The monoisotopic (exact) mass is 283 g/mol. The maximum absolute atomic E-state index is 11.0. The van der Waals surface area contributed by atoms with Crippen LogP contribution in [0.25, 0.3) is 0 Å². The van der Waals surface area contributed by atoms with Crippen LogP contribution in [0.5, 0.6) is 0 Å². The van der Waals surface area contributed by atoms with Crippen molar-refractivity contribution in [1.82, 2.24) is 5.32 Å². The zero-order valence-corrected chi connectivity index (χ0v) is 12.0. The highest BCUT2D eigenvalue weighted by atomic mass is 35.5. The molecule has 0 aromatic rings. The lowest BCUT2D eigenvalue weighted by atomic mass is 9.88. The van der Waals surface area contributed by atoms with E-state index in [0.29, 0.717) is 5.82 Å². The van der Waals surface area contributed by atoms with E-state index in [1.165, 1.54) is 6.08 Å². The van der Waals surface area contributed by atoms with Crippen LogP contribution in [0.15, 0.2) is 28.2 Å². The average molecular weight is 284 g/mol. The van der Waals surface area contributed by atoms with Crippen molar-refractivity contribution in [2.45, 2.75) is 20.3 Å². The lowest BCUT2D eigenvalue weighted by Crippen LogP contribution is -2.26. The molecule has 104 valence electrons. The van der Waals surface area contributed by atoms with Gasteiger partial charge in [-0.25, -0.2) is 4.99 Å². The molecule has 1 unspecified atom stereocenters. The first kappa shape index (κ1) is 15.6. The zero-order chi connectivity index (χ0) is 14.6. The van der Waals surface area contributed by atoms with Gasteiger partial charge in [-0.15, -0.1) is 0 Å². The lowest BCUT2D eigenvalue weighted by Gasteiger charge is -2.25. The number of hydrogen-bond acceptors (Lipinski definition) is 5. The average Bonchev–Trinajstić information content (AvgIpc) is 2.63. The lowest BCUT2D eigenvalue weighted by molar-refractivity contribution is -0.110. The Kier molecular flexibility index (Phi) is 5.03. The third-order valence-corrected chi connectivity index (χ3v) is 3.23. The molecule has 0 saturated carbocycles. The molecule has 1 atom stereocenters. The van der Waals surface area contributed by atoms with Gasteiger partial charge < -0.3 is 15.2 Å². The third-order valence-electron chi connectivity index (χ3n) is 3.12. The maximum Gasteiger partial charge on any atom is 0.133 e. The van der Waals surface area contributed by atoms with Gasteiger partial charge in [0, 0.05) is 42.0 Å². The number of aliphatic hydroxyl groups is 1. The molecule has 0 aromatic heterocycles. The van der Waals surface area contributed by atoms with Gasteiger partial charge in [0.1, 0.15) is 17.3 Å². The number of nitrogens with one attached hydrogen (secondary N) is 2. The molecule has 0 bridgehead atoms. The predicted octanol–water partition coefficient (Wildman–Crippen LogP) is 1.83. The fourth-order valence-electron chi connectivity index (χ4n) is 2.35. The first-order chi connectivity index (χ1) is 8.94. The molecule has 6 heteroatoms. The largest absolute Gasteiger partial charge is 0.400 e. The van der Waals surface area contributed by atoms with E-state index in [-0.39, 0.29) is 16.5 Å². The summed E-state index contributed by atoms with van der Waals surface area (Å²) in [4.78, 5) is 15.2. The van der Waals surface area contributed by atoms with Crippen molar-refractivity contribution in [1.29, 1.82) is 5.41 Å². The van der Waals surface area contributed by atoms with Crippen molar-refractivity contribution < 1.29 is 9.90 Å². The quantitative estimate of drug-likeness (QED) is 0.534. The van der Waals surface area contributed by atoms with Gasteiger partial charge in [0.2, 0.25) is 0 Å². The van der Waals surface area contributed by atoms with E-state index in [1.807, 2.05) is 0 Å². The van der Waals surface area contributed by atoms with E-state index in [1.54, 1.807) is 6.21 Å². The summed E-state index contributed by atoms with van der Waals surface area (Å²) in [5.41, 5.74) is 1.87. The molecule has 0 amide bonds. The number of carbonyl (C=O) groups is 1. The Morgan fingerprint density at radius 3 is 2.79 bits per heavy atom. The van der Waals surface area contributed by atoms with Crippen LogP contribution < -0.4 is 5.32 Å². The number of aliphatic hydroxyl groups excluding tert-OH is 1. The normalized spacial score (nSPS) is 25.3. The van der Waals surface area contributed by atoms with E-state index >= 15 is 0 Å². The highest BCUT2D eigenvalue weighted by Gasteiger charge is 2.40. The number of aldehydes is 1. The molecule has 5 nitrogen and oxygen atoms in total. The van der Waals surface area contributed by atoms with E-state index in [0.717, 1.165) is 31.1 Å². The van der Waals surface area contributed by atoms with E-state index in [4.69, 9.17) is 22.1 Å². The Morgan fingerprint density at radius 1 is 1.63 bits per heavy atom. The topological polar surface area (TPSA) is 85.5 Å². The predicted molar refractivity (Wildman–Crippen MR) is 76.4 cm³/mol. The summed E-state index contributed by atoms with van der Waals surface area (Å²) in [5, 5.41) is 17.3. The first-order valence-electron chi connectivity index (χ1n) is 5.85. The number of allylic oxidation sites excluding steroid dienone is 3. The van der Waals surface area contributed by atoms with E-state index < -0.39 is 0 Å². The van der Waals surface area contributed by atoms with E-state index in [2.05, 4.69) is 24.2 Å². The van der Waals surface area contributed by atoms with Crippen LogP contribution in [-0.2, 0) is 4.79 Å². The van der Waals surface area contributed by atoms with E-state index in [9.17, 15) is 4.79 Å². The number of aliphatic imine (C=N–C) groups is 1. The molecule has 0 aromatic carbocycles. The molecule has 0 saturated heterocycles. The minimum absolute atomic E-state index is 0.0727. The second kappa shape index (κ2) is 6.12. The molecule has 1 aliphatic carbocycles.